The Kier molecular flexibility index (Phi) is 5.98. The van der Waals surface area contributed by atoms with Crippen molar-refractivity contribution in [3.63, 3.8) is 0 Å². The maximum atomic E-state index is 12.4. The molecule has 1 heterocycles. The lowest BCUT2D eigenvalue weighted by Gasteiger charge is -2.32. The number of nitrogens with one attached hydrogen (secondary N) is 1. The van der Waals surface area contributed by atoms with Gasteiger partial charge in [-0.3, -0.25) is 4.79 Å². The summed E-state index contributed by atoms with van der Waals surface area (Å²) in [7, 11) is 0. The third-order valence-corrected chi connectivity index (χ3v) is 4.22. The van der Waals surface area contributed by atoms with Crippen molar-refractivity contribution in [2.45, 2.75) is 64.4 Å². The van der Waals surface area contributed by atoms with Gasteiger partial charge in [0.25, 0.3) is 0 Å². The van der Waals surface area contributed by atoms with Gasteiger partial charge in [0.2, 0.25) is 5.91 Å². The molecular weight excluding hydrogens is 278 g/mol. The average Bonchev–Trinajstić information content (AvgIpc) is 2.47. The van der Waals surface area contributed by atoms with Crippen LogP contribution >= 0.6 is 0 Å². The second-order valence-corrected chi connectivity index (χ2v) is 6.50. The molecular formula is C18H27NO3. The summed E-state index contributed by atoms with van der Waals surface area (Å²) < 4.78 is 5.67. The molecule has 4 heteroatoms. The molecule has 0 aromatic heterocycles. The first-order valence-corrected chi connectivity index (χ1v) is 8.14. The van der Waals surface area contributed by atoms with Gasteiger partial charge in [0.05, 0.1) is 18.3 Å². The molecule has 0 saturated carbocycles. The number of ether oxygens (including phenoxy) is 1. The van der Waals surface area contributed by atoms with Crippen molar-refractivity contribution in [3.8, 4) is 0 Å². The second-order valence-electron chi connectivity index (χ2n) is 6.50. The molecule has 2 rings (SSSR count). The van der Waals surface area contributed by atoms with Crippen LogP contribution in [-0.4, -0.2) is 29.3 Å². The number of rotatable bonds is 5. The van der Waals surface area contributed by atoms with Crippen molar-refractivity contribution < 1.29 is 14.6 Å². The lowest BCUT2D eigenvalue weighted by Crippen LogP contribution is -2.42. The lowest BCUT2D eigenvalue weighted by molar-refractivity contribution is -0.133. The van der Waals surface area contributed by atoms with Gasteiger partial charge in [-0.25, -0.2) is 0 Å². The van der Waals surface area contributed by atoms with Gasteiger partial charge in [-0.1, -0.05) is 30.3 Å². The van der Waals surface area contributed by atoms with Gasteiger partial charge in [0.1, 0.15) is 0 Å². The van der Waals surface area contributed by atoms with Gasteiger partial charge in [-0.2, -0.15) is 0 Å². The number of aliphatic hydroxyl groups is 1. The summed E-state index contributed by atoms with van der Waals surface area (Å²) in [6, 6.07) is 9.49. The van der Waals surface area contributed by atoms with Crippen molar-refractivity contribution in [1.82, 2.24) is 5.32 Å². The fourth-order valence-corrected chi connectivity index (χ4v) is 3.19. The zero-order valence-electron chi connectivity index (χ0n) is 13.7. The molecule has 1 aliphatic heterocycles. The van der Waals surface area contributed by atoms with E-state index in [2.05, 4.69) is 5.32 Å². The van der Waals surface area contributed by atoms with Crippen molar-refractivity contribution >= 4 is 5.91 Å². The zero-order chi connectivity index (χ0) is 16.1. The van der Waals surface area contributed by atoms with E-state index >= 15 is 0 Å². The molecule has 4 unspecified atom stereocenters. The standard InChI is InChI=1S/C18H27NO3/c1-12(9-17(20)15-7-5-4-6-8-15)19-18(21)16-10-13(2)22-14(3)11-16/h4-8,12-14,16-17,20H,9-11H2,1-3H3,(H,19,21). The molecule has 4 atom stereocenters. The summed E-state index contributed by atoms with van der Waals surface area (Å²) in [5.41, 5.74) is 0.886. The van der Waals surface area contributed by atoms with Crippen LogP contribution in [0.1, 0.15) is 51.7 Å². The van der Waals surface area contributed by atoms with Gasteiger partial charge >= 0.3 is 0 Å². The van der Waals surface area contributed by atoms with E-state index in [0.717, 1.165) is 18.4 Å². The number of carbonyl (C=O) groups excluding carboxylic acids is 1. The highest BCUT2D eigenvalue weighted by molar-refractivity contribution is 5.79. The highest BCUT2D eigenvalue weighted by atomic mass is 16.5. The monoisotopic (exact) mass is 305 g/mol. The van der Waals surface area contributed by atoms with E-state index in [9.17, 15) is 9.90 Å². The van der Waals surface area contributed by atoms with Gasteiger partial charge in [0, 0.05) is 12.0 Å². The van der Waals surface area contributed by atoms with Crippen LogP contribution in [0.15, 0.2) is 30.3 Å². The fourth-order valence-electron chi connectivity index (χ4n) is 3.19. The fraction of sp³-hybridized carbons (Fsp3) is 0.611. The maximum Gasteiger partial charge on any atom is 0.223 e. The summed E-state index contributed by atoms with van der Waals surface area (Å²) in [6.45, 7) is 5.97. The number of hydrogen-bond donors (Lipinski definition) is 2. The van der Waals surface area contributed by atoms with E-state index in [-0.39, 0.29) is 30.1 Å². The van der Waals surface area contributed by atoms with Gasteiger partial charge in [-0.05, 0) is 45.6 Å². The summed E-state index contributed by atoms with van der Waals surface area (Å²) in [6.07, 6.45) is 1.76. The first kappa shape index (κ1) is 17.0. The Morgan fingerprint density at radius 2 is 1.86 bits per heavy atom. The van der Waals surface area contributed by atoms with Crippen LogP contribution < -0.4 is 5.32 Å². The average molecular weight is 305 g/mol. The third kappa shape index (κ3) is 4.82. The Labute approximate surface area is 132 Å². The van der Waals surface area contributed by atoms with Crippen molar-refractivity contribution in [3.05, 3.63) is 35.9 Å². The van der Waals surface area contributed by atoms with E-state index in [4.69, 9.17) is 4.74 Å². The van der Waals surface area contributed by atoms with E-state index in [1.54, 1.807) is 0 Å². The first-order valence-electron chi connectivity index (χ1n) is 8.14. The summed E-state index contributed by atoms with van der Waals surface area (Å²) in [5.74, 6) is 0.0878. The quantitative estimate of drug-likeness (QED) is 0.879. The normalized spacial score (nSPS) is 27.9. The third-order valence-electron chi connectivity index (χ3n) is 4.22. The summed E-state index contributed by atoms with van der Waals surface area (Å²) >= 11 is 0. The molecule has 4 nitrogen and oxygen atoms in total. The van der Waals surface area contributed by atoms with Crippen LogP contribution in [0.5, 0.6) is 0 Å². The van der Waals surface area contributed by atoms with Crippen LogP contribution in [0.3, 0.4) is 0 Å². The predicted octanol–water partition coefficient (Wildman–Crippen LogP) is 2.82. The van der Waals surface area contributed by atoms with Gasteiger partial charge in [0.15, 0.2) is 0 Å². The molecule has 1 fully saturated rings. The Balaban J connectivity index is 1.83. The summed E-state index contributed by atoms with van der Waals surface area (Å²) in [4.78, 5) is 12.4. The number of amides is 1. The second kappa shape index (κ2) is 7.75. The molecule has 0 aliphatic carbocycles. The Morgan fingerprint density at radius 1 is 1.27 bits per heavy atom. The SMILES string of the molecule is CC(CC(O)c1ccccc1)NC(=O)C1CC(C)OC(C)C1. The molecule has 22 heavy (non-hydrogen) atoms. The van der Waals surface area contributed by atoms with E-state index in [1.165, 1.54) is 0 Å². The number of hydrogen-bond acceptors (Lipinski definition) is 3. The van der Waals surface area contributed by atoms with E-state index in [1.807, 2.05) is 51.1 Å². The molecule has 1 aliphatic rings. The van der Waals surface area contributed by atoms with Crippen molar-refractivity contribution in [1.29, 1.82) is 0 Å². The van der Waals surface area contributed by atoms with Crippen molar-refractivity contribution in [2.75, 3.05) is 0 Å². The van der Waals surface area contributed by atoms with Gasteiger partial charge < -0.3 is 15.2 Å². The van der Waals surface area contributed by atoms with Crippen LogP contribution in [0.2, 0.25) is 0 Å². The number of carbonyl (C=O) groups is 1. The van der Waals surface area contributed by atoms with E-state index in [0.29, 0.717) is 6.42 Å². The number of aliphatic hydroxyl groups excluding tert-OH is 1. The van der Waals surface area contributed by atoms with Crippen LogP contribution in [0.25, 0.3) is 0 Å². The minimum Gasteiger partial charge on any atom is -0.388 e. The Bertz CT molecular complexity index is 466. The predicted molar refractivity (Wildman–Crippen MR) is 86.4 cm³/mol. The van der Waals surface area contributed by atoms with Crippen LogP contribution in [-0.2, 0) is 9.53 Å². The molecule has 1 aromatic carbocycles. The Hall–Kier alpha value is -1.39. The smallest absolute Gasteiger partial charge is 0.223 e. The highest BCUT2D eigenvalue weighted by Crippen LogP contribution is 2.25. The minimum atomic E-state index is -0.552. The van der Waals surface area contributed by atoms with Crippen LogP contribution in [0, 0.1) is 5.92 Å². The molecule has 1 aromatic rings. The maximum absolute atomic E-state index is 12.4. The largest absolute Gasteiger partial charge is 0.388 e. The topological polar surface area (TPSA) is 58.6 Å². The number of benzene rings is 1. The molecule has 1 amide bonds. The molecule has 0 radical (unpaired) electrons. The molecule has 122 valence electrons. The summed E-state index contributed by atoms with van der Waals surface area (Å²) in [5, 5.41) is 13.3. The highest BCUT2D eigenvalue weighted by Gasteiger charge is 2.30. The molecule has 0 spiro atoms. The molecule has 0 bridgehead atoms. The minimum absolute atomic E-state index is 0.00932. The molecule has 2 N–H and O–H groups in total. The Morgan fingerprint density at radius 3 is 2.45 bits per heavy atom. The molecule has 1 saturated heterocycles. The first-order chi connectivity index (χ1) is 10.5. The van der Waals surface area contributed by atoms with Crippen LogP contribution in [0.4, 0.5) is 0 Å². The van der Waals surface area contributed by atoms with E-state index < -0.39 is 6.10 Å². The van der Waals surface area contributed by atoms with Gasteiger partial charge in [-0.15, -0.1) is 0 Å². The zero-order valence-corrected chi connectivity index (χ0v) is 13.7. The van der Waals surface area contributed by atoms with Crippen molar-refractivity contribution in [2.24, 2.45) is 5.92 Å². The lowest BCUT2D eigenvalue weighted by atomic mass is 9.91.